The first-order chi connectivity index (χ1) is 13.5. The van der Waals surface area contributed by atoms with Crippen molar-refractivity contribution in [1.29, 1.82) is 0 Å². The van der Waals surface area contributed by atoms with Crippen LogP contribution in [0.4, 0.5) is 5.69 Å². The number of hydrogen-bond acceptors (Lipinski definition) is 5. The van der Waals surface area contributed by atoms with E-state index in [0.29, 0.717) is 18.8 Å². The molecule has 2 aromatic carbocycles. The summed E-state index contributed by atoms with van der Waals surface area (Å²) in [7, 11) is -3.07. The molecule has 1 heterocycles. The fourth-order valence-corrected chi connectivity index (χ4v) is 5.94. The third-order valence-corrected chi connectivity index (χ3v) is 7.35. The van der Waals surface area contributed by atoms with E-state index in [0.717, 1.165) is 17.0 Å². The van der Waals surface area contributed by atoms with Crippen molar-refractivity contribution in [3.8, 4) is 5.75 Å². The molecule has 1 amide bonds. The van der Waals surface area contributed by atoms with E-state index in [1.54, 1.807) is 4.90 Å². The van der Waals surface area contributed by atoms with Crippen LogP contribution in [0.1, 0.15) is 18.9 Å². The van der Waals surface area contributed by atoms with Gasteiger partial charge in [0.1, 0.15) is 5.75 Å². The fraction of sp³-hybridized carbons (Fsp3) is 0.381. The molecule has 0 bridgehead atoms. The van der Waals surface area contributed by atoms with Crippen molar-refractivity contribution in [3.05, 3.63) is 60.2 Å². The summed E-state index contributed by atoms with van der Waals surface area (Å²) in [5.41, 5.74) is 1.81. The minimum Gasteiger partial charge on any atom is -0.494 e. The van der Waals surface area contributed by atoms with Gasteiger partial charge in [-0.05, 0) is 31.5 Å². The average Bonchev–Trinajstić information content (AvgIpc) is 3.04. The second-order valence-corrected chi connectivity index (χ2v) is 9.90. The van der Waals surface area contributed by atoms with Crippen LogP contribution in [0.5, 0.6) is 5.75 Å². The number of rotatable bonds is 8. The van der Waals surface area contributed by atoms with E-state index in [2.05, 4.69) is 0 Å². The van der Waals surface area contributed by atoms with Crippen LogP contribution in [0.15, 0.2) is 54.6 Å². The van der Waals surface area contributed by atoms with E-state index in [1.807, 2.05) is 61.5 Å². The van der Waals surface area contributed by atoms with Gasteiger partial charge in [0.25, 0.3) is 0 Å². The molecule has 1 aliphatic heterocycles. The van der Waals surface area contributed by atoms with E-state index in [4.69, 9.17) is 4.74 Å². The Balaban J connectivity index is 1.69. The first-order valence-corrected chi connectivity index (χ1v) is 12.3. The van der Waals surface area contributed by atoms with Crippen molar-refractivity contribution >= 4 is 33.2 Å². The van der Waals surface area contributed by atoms with Gasteiger partial charge in [0.15, 0.2) is 9.84 Å². The smallest absolute Gasteiger partial charge is 0.237 e. The number of carbonyl (C=O) groups excluding carboxylic acids is 1. The summed E-state index contributed by atoms with van der Waals surface area (Å²) in [6, 6.07) is 16.9. The van der Waals surface area contributed by atoms with Crippen molar-refractivity contribution in [1.82, 2.24) is 0 Å². The second kappa shape index (κ2) is 9.47. The molecule has 0 saturated carbocycles. The highest BCUT2D eigenvalue weighted by Crippen LogP contribution is 2.27. The molecule has 1 atom stereocenters. The number of para-hydroxylation sites is 2. The maximum absolute atomic E-state index is 13.0. The Morgan fingerprint density at radius 3 is 2.54 bits per heavy atom. The highest BCUT2D eigenvalue weighted by Gasteiger charge is 2.35. The summed E-state index contributed by atoms with van der Waals surface area (Å²) in [4.78, 5) is 14.7. The lowest BCUT2D eigenvalue weighted by atomic mass is 10.2. The summed E-state index contributed by atoms with van der Waals surface area (Å²) in [6.07, 6.45) is 0.487. The minimum atomic E-state index is -3.07. The number of benzene rings is 2. The third kappa shape index (κ3) is 5.29. The van der Waals surface area contributed by atoms with E-state index >= 15 is 0 Å². The van der Waals surface area contributed by atoms with Gasteiger partial charge in [-0.15, -0.1) is 11.8 Å². The van der Waals surface area contributed by atoms with Gasteiger partial charge in [0.05, 0.1) is 29.9 Å². The lowest BCUT2D eigenvalue weighted by Gasteiger charge is -2.28. The minimum absolute atomic E-state index is 0.0332. The lowest BCUT2D eigenvalue weighted by Crippen LogP contribution is -2.42. The summed E-state index contributed by atoms with van der Waals surface area (Å²) < 4.78 is 29.5. The van der Waals surface area contributed by atoms with Crippen LogP contribution >= 0.6 is 11.8 Å². The zero-order chi connectivity index (χ0) is 20.0. The highest BCUT2D eigenvalue weighted by molar-refractivity contribution is 7.99. The summed E-state index contributed by atoms with van der Waals surface area (Å²) in [5, 5.41) is 0. The molecule has 1 fully saturated rings. The molecule has 5 nitrogen and oxygen atoms in total. The monoisotopic (exact) mass is 419 g/mol. The fourth-order valence-electron chi connectivity index (χ4n) is 3.36. The maximum atomic E-state index is 13.0. The maximum Gasteiger partial charge on any atom is 0.237 e. The van der Waals surface area contributed by atoms with E-state index in [9.17, 15) is 13.2 Å². The van der Waals surface area contributed by atoms with Crippen LogP contribution in [0.25, 0.3) is 0 Å². The number of sulfone groups is 1. The molecule has 0 N–H and O–H groups in total. The SMILES string of the molecule is CCOc1ccccc1CSCC(=O)N(c1ccccc1)[C@H]1CCS(=O)(=O)C1. The molecular formula is C21H25NO4S2. The summed E-state index contributed by atoms with van der Waals surface area (Å²) in [5.74, 6) is 1.90. The molecule has 3 rings (SSSR count). The molecule has 7 heteroatoms. The largest absolute Gasteiger partial charge is 0.494 e. The Hall–Kier alpha value is -1.99. The first kappa shape index (κ1) is 20.7. The summed E-state index contributed by atoms with van der Waals surface area (Å²) in [6.45, 7) is 2.54. The topological polar surface area (TPSA) is 63.7 Å². The molecular weight excluding hydrogens is 394 g/mol. The molecule has 0 aromatic heterocycles. The third-order valence-electron chi connectivity index (χ3n) is 4.63. The van der Waals surface area contributed by atoms with Crippen LogP contribution in [0, 0.1) is 0 Å². The van der Waals surface area contributed by atoms with E-state index in [1.165, 1.54) is 11.8 Å². The Kier molecular flexibility index (Phi) is 7.02. The zero-order valence-electron chi connectivity index (χ0n) is 15.9. The van der Waals surface area contributed by atoms with Crippen LogP contribution in [-0.2, 0) is 20.4 Å². The molecule has 0 unspecified atom stereocenters. The molecule has 0 spiro atoms. The van der Waals surface area contributed by atoms with E-state index in [-0.39, 0.29) is 29.2 Å². The molecule has 28 heavy (non-hydrogen) atoms. The number of hydrogen-bond donors (Lipinski definition) is 0. The normalized spacial score (nSPS) is 18.0. The molecule has 0 radical (unpaired) electrons. The number of thioether (sulfide) groups is 1. The Bertz CT molecular complexity index is 900. The average molecular weight is 420 g/mol. The van der Waals surface area contributed by atoms with Gasteiger partial charge in [0, 0.05) is 17.0 Å². The number of carbonyl (C=O) groups is 1. The molecule has 150 valence electrons. The predicted octanol–water partition coefficient (Wildman–Crippen LogP) is 3.54. The van der Waals surface area contributed by atoms with Crippen molar-refractivity contribution < 1.29 is 17.9 Å². The summed E-state index contributed by atoms with van der Waals surface area (Å²) >= 11 is 1.52. The predicted molar refractivity (Wildman–Crippen MR) is 115 cm³/mol. The molecule has 1 saturated heterocycles. The Labute approximate surface area is 171 Å². The standard InChI is InChI=1S/C21H25NO4S2/c1-2-26-20-11-7-6-8-17(20)14-27-15-21(23)22(18-9-4-3-5-10-18)19-12-13-28(24,25)16-19/h3-11,19H,2,12-16H2,1H3/t19-/m0/s1. The number of anilines is 1. The number of nitrogens with zero attached hydrogens (tertiary/aromatic N) is 1. The van der Waals surface area contributed by atoms with E-state index < -0.39 is 9.84 Å². The Morgan fingerprint density at radius 2 is 1.86 bits per heavy atom. The number of ether oxygens (including phenoxy) is 1. The van der Waals surface area contributed by atoms with Crippen molar-refractivity contribution in [2.75, 3.05) is 28.8 Å². The van der Waals surface area contributed by atoms with Crippen LogP contribution in [0.3, 0.4) is 0 Å². The van der Waals surface area contributed by atoms with Gasteiger partial charge in [-0.2, -0.15) is 0 Å². The highest BCUT2D eigenvalue weighted by atomic mass is 32.2. The van der Waals surface area contributed by atoms with Crippen molar-refractivity contribution in [2.45, 2.75) is 25.1 Å². The van der Waals surface area contributed by atoms with Gasteiger partial charge in [-0.3, -0.25) is 4.79 Å². The second-order valence-electron chi connectivity index (χ2n) is 6.69. The zero-order valence-corrected chi connectivity index (χ0v) is 17.5. The quantitative estimate of drug-likeness (QED) is 0.655. The van der Waals surface area contributed by atoms with Crippen LogP contribution in [0.2, 0.25) is 0 Å². The Morgan fingerprint density at radius 1 is 1.14 bits per heavy atom. The van der Waals surface area contributed by atoms with Gasteiger partial charge >= 0.3 is 0 Å². The number of amides is 1. The van der Waals surface area contributed by atoms with Gasteiger partial charge in [-0.25, -0.2) is 8.42 Å². The van der Waals surface area contributed by atoms with Gasteiger partial charge in [0.2, 0.25) is 5.91 Å². The van der Waals surface area contributed by atoms with Crippen LogP contribution < -0.4 is 9.64 Å². The van der Waals surface area contributed by atoms with Gasteiger partial charge < -0.3 is 9.64 Å². The first-order valence-electron chi connectivity index (χ1n) is 9.36. The van der Waals surface area contributed by atoms with Gasteiger partial charge in [-0.1, -0.05) is 36.4 Å². The van der Waals surface area contributed by atoms with Crippen molar-refractivity contribution in [2.24, 2.45) is 0 Å². The van der Waals surface area contributed by atoms with Crippen molar-refractivity contribution in [3.63, 3.8) is 0 Å². The lowest BCUT2D eigenvalue weighted by molar-refractivity contribution is -0.116. The molecule has 0 aliphatic carbocycles. The molecule has 1 aliphatic rings. The van der Waals surface area contributed by atoms with Crippen LogP contribution in [-0.4, -0.2) is 44.2 Å². The molecule has 2 aromatic rings.